The Morgan fingerprint density at radius 2 is 2.00 bits per heavy atom. The van der Waals surface area contributed by atoms with Crippen molar-refractivity contribution in [2.24, 2.45) is 5.73 Å². The minimum Gasteiger partial charge on any atom is -0.481 e. The highest BCUT2D eigenvalue weighted by atomic mass is 16.4. The van der Waals surface area contributed by atoms with E-state index in [1.165, 1.54) is 0 Å². The summed E-state index contributed by atoms with van der Waals surface area (Å²) in [6.07, 6.45) is 1.82. The van der Waals surface area contributed by atoms with Crippen LogP contribution in [-0.4, -0.2) is 47.7 Å². The molecule has 0 saturated carbocycles. The Morgan fingerprint density at radius 1 is 1.24 bits per heavy atom. The zero-order valence-electron chi connectivity index (χ0n) is 11.7. The number of nitrogens with zero attached hydrogens (tertiary/aromatic N) is 2. The molecule has 2 atom stereocenters. The molecule has 2 aliphatic rings. The number of likely N-dealkylation sites (tertiary alicyclic amines) is 1. The minimum absolute atomic E-state index is 0.0100. The zero-order chi connectivity index (χ0) is 15.0. The number of nitrogens with two attached hydrogens (primary N) is 1. The van der Waals surface area contributed by atoms with Crippen molar-refractivity contribution in [3.8, 4) is 0 Å². The molecule has 0 aromatic heterocycles. The number of urea groups is 1. The molecule has 1 aromatic rings. The molecule has 1 fully saturated rings. The first kappa shape index (κ1) is 13.9. The molecular weight excluding hydrogens is 270 g/mol. The number of benzene rings is 1. The number of carbonyl (C=O) groups excluding carboxylic acids is 1. The number of amides is 2. The van der Waals surface area contributed by atoms with Gasteiger partial charge in [-0.15, -0.1) is 0 Å². The summed E-state index contributed by atoms with van der Waals surface area (Å²) in [6.45, 7) is 1.41. The van der Waals surface area contributed by atoms with Crippen molar-refractivity contribution in [3.05, 3.63) is 29.8 Å². The Hall–Kier alpha value is -2.08. The third-order valence-corrected chi connectivity index (χ3v) is 4.23. The Kier molecular flexibility index (Phi) is 3.55. The maximum absolute atomic E-state index is 12.7. The zero-order valence-corrected chi connectivity index (χ0v) is 11.7. The summed E-state index contributed by atoms with van der Waals surface area (Å²) >= 11 is 0. The van der Waals surface area contributed by atoms with Crippen LogP contribution in [0, 0.1) is 0 Å². The number of carbonyl (C=O) groups is 2. The van der Waals surface area contributed by atoms with Crippen LogP contribution in [0.3, 0.4) is 0 Å². The molecule has 6 heteroatoms. The minimum atomic E-state index is -0.895. The number of aliphatic carboxylic acids is 1. The SMILES string of the molecule is NC1CCCN(C(=O)N2CC(C(=O)O)c3ccccc32)C1. The number of rotatable bonds is 1. The van der Waals surface area contributed by atoms with Crippen molar-refractivity contribution in [2.45, 2.75) is 24.8 Å². The predicted octanol–water partition coefficient (Wildman–Crippen LogP) is 1.22. The summed E-state index contributed by atoms with van der Waals surface area (Å²) in [7, 11) is 0. The Morgan fingerprint density at radius 3 is 2.71 bits per heavy atom. The summed E-state index contributed by atoms with van der Waals surface area (Å²) in [4.78, 5) is 27.4. The van der Waals surface area contributed by atoms with Crippen LogP contribution in [0.4, 0.5) is 10.5 Å². The van der Waals surface area contributed by atoms with Gasteiger partial charge >= 0.3 is 12.0 Å². The second-order valence-electron chi connectivity index (χ2n) is 5.69. The predicted molar refractivity (Wildman–Crippen MR) is 78.3 cm³/mol. The summed E-state index contributed by atoms with van der Waals surface area (Å²) in [5.74, 6) is -1.54. The number of hydrogen-bond acceptors (Lipinski definition) is 3. The van der Waals surface area contributed by atoms with E-state index in [2.05, 4.69) is 0 Å². The van der Waals surface area contributed by atoms with E-state index in [4.69, 9.17) is 5.73 Å². The molecule has 2 amide bonds. The third kappa shape index (κ3) is 2.47. The van der Waals surface area contributed by atoms with Gasteiger partial charge in [-0.05, 0) is 24.5 Å². The number of fused-ring (bicyclic) bond motifs is 1. The Bertz CT molecular complexity index is 575. The Labute approximate surface area is 123 Å². The van der Waals surface area contributed by atoms with Gasteiger partial charge in [-0.3, -0.25) is 9.69 Å². The smallest absolute Gasteiger partial charge is 0.324 e. The number of para-hydroxylation sites is 1. The van der Waals surface area contributed by atoms with Crippen molar-refractivity contribution in [2.75, 3.05) is 24.5 Å². The molecule has 6 nitrogen and oxygen atoms in total. The van der Waals surface area contributed by atoms with Crippen LogP contribution in [0.25, 0.3) is 0 Å². The van der Waals surface area contributed by atoms with Crippen molar-refractivity contribution < 1.29 is 14.7 Å². The lowest BCUT2D eigenvalue weighted by Gasteiger charge is -2.34. The summed E-state index contributed by atoms with van der Waals surface area (Å²) < 4.78 is 0. The van der Waals surface area contributed by atoms with Crippen LogP contribution in [-0.2, 0) is 4.79 Å². The first-order valence-corrected chi connectivity index (χ1v) is 7.21. The number of hydrogen-bond donors (Lipinski definition) is 2. The number of carboxylic acids is 1. The highest BCUT2D eigenvalue weighted by molar-refractivity contribution is 5.98. The maximum atomic E-state index is 12.7. The molecule has 1 saturated heterocycles. The molecule has 0 bridgehead atoms. The lowest BCUT2D eigenvalue weighted by Crippen LogP contribution is -2.51. The van der Waals surface area contributed by atoms with Gasteiger partial charge in [0.05, 0.1) is 0 Å². The van der Waals surface area contributed by atoms with Gasteiger partial charge in [0.1, 0.15) is 5.92 Å². The number of anilines is 1. The fourth-order valence-corrected chi connectivity index (χ4v) is 3.15. The van der Waals surface area contributed by atoms with Gasteiger partial charge in [-0.25, -0.2) is 4.79 Å². The summed E-state index contributed by atoms with van der Waals surface area (Å²) in [6, 6.07) is 7.09. The summed E-state index contributed by atoms with van der Waals surface area (Å²) in [5, 5.41) is 9.34. The standard InChI is InChI=1S/C15H19N3O3/c16-10-4-3-7-17(8-10)15(21)18-9-12(14(19)20)11-5-1-2-6-13(11)18/h1-2,5-6,10,12H,3-4,7-9,16H2,(H,19,20). The fourth-order valence-electron chi connectivity index (χ4n) is 3.15. The molecule has 1 aromatic carbocycles. The molecule has 2 unspecified atom stereocenters. The van der Waals surface area contributed by atoms with E-state index in [9.17, 15) is 14.7 Å². The van der Waals surface area contributed by atoms with Gasteiger partial charge < -0.3 is 15.7 Å². The molecule has 0 radical (unpaired) electrons. The van der Waals surface area contributed by atoms with Crippen LogP contribution in [0.15, 0.2) is 24.3 Å². The van der Waals surface area contributed by atoms with Gasteiger partial charge in [0.15, 0.2) is 0 Å². The van der Waals surface area contributed by atoms with Crippen molar-refractivity contribution in [3.63, 3.8) is 0 Å². The van der Waals surface area contributed by atoms with Gasteiger partial charge in [0.25, 0.3) is 0 Å². The molecule has 0 aliphatic carbocycles. The number of carboxylic acid groups (broad SMARTS) is 1. The molecule has 2 heterocycles. The van der Waals surface area contributed by atoms with Crippen LogP contribution >= 0.6 is 0 Å². The molecule has 21 heavy (non-hydrogen) atoms. The van der Waals surface area contributed by atoms with Crippen LogP contribution < -0.4 is 10.6 Å². The lowest BCUT2D eigenvalue weighted by atomic mass is 10.0. The molecule has 112 valence electrons. The van der Waals surface area contributed by atoms with E-state index in [0.29, 0.717) is 24.3 Å². The number of piperidine rings is 1. The molecule has 2 aliphatic heterocycles. The topological polar surface area (TPSA) is 86.9 Å². The fraction of sp³-hybridized carbons (Fsp3) is 0.467. The quantitative estimate of drug-likeness (QED) is 0.813. The van der Waals surface area contributed by atoms with Crippen molar-refractivity contribution in [1.82, 2.24) is 4.90 Å². The van der Waals surface area contributed by atoms with Gasteiger partial charge in [0.2, 0.25) is 0 Å². The summed E-state index contributed by atoms with van der Waals surface area (Å²) in [5.41, 5.74) is 7.34. The van der Waals surface area contributed by atoms with E-state index >= 15 is 0 Å². The van der Waals surface area contributed by atoms with E-state index in [0.717, 1.165) is 12.8 Å². The van der Waals surface area contributed by atoms with Crippen LogP contribution in [0.5, 0.6) is 0 Å². The highest BCUT2D eigenvalue weighted by Crippen LogP contribution is 2.37. The monoisotopic (exact) mass is 289 g/mol. The van der Waals surface area contributed by atoms with E-state index < -0.39 is 11.9 Å². The first-order chi connectivity index (χ1) is 10.1. The molecule has 3 N–H and O–H groups in total. The highest BCUT2D eigenvalue weighted by Gasteiger charge is 2.38. The lowest BCUT2D eigenvalue weighted by molar-refractivity contribution is -0.138. The van der Waals surface area contributed by atoms with Gasteiger partial charge in [-0.1, -0.05) is 18.2 Å². The van der Waals surface area contributed by atoms with Crippen LogP contribution in [0.2, 0.25) is 0 Å². The largest absolute Gasteiger partial charge is 0.481 e. The first-order valence-electron chi connectivity index (χ1n) is 7.21. The van der Waals surface area contributed by atoms with E-state index in [1.54, 1.807) is 28.0 Å². The van der Waals surface area contributed by atoms with Crippen molar-refractivity contribution >= 4 is 17.7 Å². The van der Waals surface area contributed by atoms with E-state index in [-0.39, 0.29) is 18.6 Å². The third-order valence-electron chi connectivity index (χ3n) is 4.23. The molecule has 3 rings (SSSR count). The van der Waals surface area contributed by atoms with Gasteiger partial charge in [-0.2, -0.15) is 0 Å². The average Bonchev–Trinajstić information content (AvgIpc) is 2.86. The average molecular weight is 289 g/mol. The second-order valence-corrected chi connectivity index (χ2v) is 5.69. The van der Waals surface area contributed by atoms with Crippen molar-refractivity contribution in [1.29, 1.82) is 0 Å². The molecular formula is C15H19N3O3. The van der Waals surface area contributed by atoms with Gasteiger partial charge in [0, 0.05) is 31.4 Å². The normalized spacial score (nSPS) is 24.8. The second kappa shape index (κ2) is 5.37. The van der Waals surface area contributed by atoms with Crippen LogP contribution in [0.1, 0.15) is 24.3 Å². The van der Waals surface area contributed by atoms with E-state index in [1.807, 2.05) is 6.07 Å². The Balaban J connectivity index is 1.86. The molecule has 0 spiro atoms. The maximum Gasteiger partial charge on any atom is 0.324 e.